The molecule has 5 nitrogen and oxygen atoms in total. The molecule has 20 heavy (non-hydrogen) atoms. The molecule has 5 heteroatoms. The number of carbonyl (C=O) groups is 2. The van der Waals surface area contributed by atoms with Gasteiger partial charge in [0.15, 0.2) is 0 Å². The van der Waals surface area contributed by atoms with Gasteiger partial charge in [0.25, 0.3) is 0 Å². The molecule has 1 amide bonds. The van der Waals surface area contributed by atoms with E-state index in [0.717, 1.165) is 25.7 Å². The molecular weight excluding hydrogens is 258 g/mol. The van der Waals surface area contributed by atoms with Crippen molar-refractivity contribution in [2.24, 2.45) is 11.8 Å². The maximum atomic E-state index is 12.1. The van der Waals surface area contributed by atoms with E-state index in [1.165, 1.54) is 18.2 Å². The highest BCUT2D eigenvalue weighted by Gasteiger charge is 2.24. The zero-order valence-electron chi connectivity index (χ0n) is 11.4. The van der Waals surface area contributed by atoms with Gasteiger partial charge >= 0.3 is 5.97 Å². The third kappa shape index (κ3) is 3.29. The van der Waals surface area contributed by atoms with Gasteiger partial charge in [-0.25, -0.2) is 4.79 Å². The summed E-state index contributed by atoms with van der Waals surface area (Å²) in [5, 5.41) is 21.1. The Kier molecular flexibility index (Phi) is 4.27. The van der Waals surface area contributed by atoms with Gasteiger partial charge in [-0.15, -0.1) is 0 Å². The molecule has 108 valence electrons. The Morgan fingerprint density at radius 2 is 1.85 bits per heavy atom. The number of anilines is 1. The van der Waals surface area contributed by atoms with Crippen molar-refractivity contribution >= 4 is 17.6 Å². The van der Waals surface area contributed by atoms with Crippen LogP contribution in [0.5, 0.6) is 5.75 Å². The molecule has 0 unspecified atom stereocenters. The fourth-order valence-corrected chi connectivity index (χ4v) is 2.55. The zero-order chi connectivity index (χ0) is 14.7. The summed E-state index contributed by atoms with van der Waals surface area (Å²) in [5.41, 5.74) is 0.198. The van der Waals surface area contributed by atoms with Crippen molar-refractivity contribution in [1.82, 2.24) is 0 Å². The summed E-state index contributed by atoms with van der Waals surface area (Å²) >= 11 is 0. The average molecular weight is 277 g/mol. The first-order chi connectivity index (χ1) is 9.47. The van der Waals surface area contributed by atoms with E-state index in [-0.39, 0.29) is 23.1 Å². The van der Waals surface area contributed by atoms with Crippen LogP contribution in [0.15, 0.2) is 18.2 Å². The van der Waals surface area contributed by atoms with E-state index >= 15 is 0 Å². The van der Waals surface area contributed by atoms with Crippen LogP contribution >= 0.6 is 0 Å². The summed E-state index contributed by atoms with van der Waals surface area (Å²) in [6, 6.07) is 4.06. The fraction of sp³-hybridized carbons (Fsp3) is 0.467. The summed E-state index contributed by atoms with van der Waals surface area (Å²) in [6.07, 6.45) is 3.84. The van der Waals surface area contributed by atoms with Crippen LogP contribution in [0.4, 0.5) is 5.69 Å². The van der Waals surface area contributed by atoms with E-state index in [4.69, 9.17) is 5.11 Å². The zero-order valence-corrected chi connectivity index (χ0v) is 11.4. The Balaban J connectivity index is 2.04. The van der Waals surface area contributed by atoms with Crippen LogP contribution in [-0.4, -0.2) is 22.1 Å². The lowest BCUT2D eigenvalue weighted by atomic mass is 9.82. The van der Waals surface area contributed by atoms with Gasteiger partial charge in [-0.1, -0.05) is 6.92 Å². The largest absolute Gasteiger partial charge is 0.507 e. The second-order valence-electron chi connectivity index (χ2n) is 5.48. The van der Waals surface area contributed by atoms with Crippen molar-refractivity contribution in [3.8, 4) is 5.75 Å². The van der Waals surface area contributed by atoms with Gasteiger partial charge < -0.3 is 15.5 Å². The molecule has 1 saturated carbocycles. The number of hydrogen-bond donors (Lipinski definition) is 3. The number of aromatic hydroxyl groups is 1. The summed E-state index contributed by atoms with van der Waals surface area (Å²) in [6.45, 7) is 2.19. The number of amides is 1. The number of benzene rings is 1. The molecule has 1 aliphatic rings. The number of hydrogen-bond acceptors (Lipinski definition) is 3. The number of carboxylic acids is 1. The van der Waals surface area contributed by atoms with Gasteiger partial charge in [-0.05, 0) is 49.8 Å². The maximum absolute atomic E-state index is 12.1. The van der Waals surface area contributed by atoms with Gasteiger partial charge in [-0.2, -0.15) is 0 Å². The van der Waals surface area contributed by atoms with Crippen LogP contribution in [0, 0.1) is 11.8 Å². The molecule has 1 aromatic rings. The van der Waals surface area contributed by atoms with Crippen LogP contribution in [0.1, 0.15) is 43.0 Å². The molecular formula is C15H19NO4. The third-order valence-corrected chi connectivity index (χ3v) is 3.88. The predicted octanol–water partition coefficient (Wildman–Crippen LogP) is 2.86. The standard InChI is InChI=1S/C15H19NO4/c1-9-2-4-10(5-3-9)14(18)16-11-6-7-13(17)12(8-11)15(19)20/h6-10,17H,2-5H2,1H3,(H,16,18)(H,19,20). The summed E-state index contributed by atoms with van der Waals surface area (Å²) in [4.78, 5) is 23.0. The van der Waals surface area contributed by atoms with Crippen LogP contribution in [0.25, 0.3) is 0 Å². The van der Waals surface area contributed by atoms with Gasteiger partial charge in [0.05, 0.1) is 0 Å². The Hall–Kier alpha value is -2.04. The van der Waals surface area contributed by atoms with Crippen molar-refractivity contribution in [3.63, 3.8) is 0 Å². The lowest BCUT2D eigenvalue weighted by Gasteiger charge is -2.25. The van der Waals surface area contributed by atoms with Gasteiger partial charge in [0.2, 0.25) is 5.91 Å². The summed E-state index contributed by atoms with van der Waals surface area (Å²) in [7, 11) is 0. The Morgan fingerprint density at radius 3 is 2.45 bits per heavy atom. The van der Waals surface area contributed by atoms with Crippen molar-refractivity contribution in [3.05, 3.63) is 23.8 Å². The Morgan fingerprint density at radius 1 is 1.20 bits per heavy atom. The van der Waals surface area contributed by atoms with Crippen LogP contribution in [0.2, 0.25) is 0 Å². The van der Waals surface area contributed by atoms with E-state index in [9.17, 15) is 14.7 Å². The van der Waals surface area contributed by atoms with E-state index in [1.807, 2.05) is 0 Å². The van der Waals surface area contributed by atoms with Crippen molar-refractivity contribution < 1.29 is 19.8 Å². The molecule has 0 bridgehead atoms. The number of phenols is 1. The molecule has 0 radical (unpaired) electrons. The predicted molar refractivity (Wildman–Crippen MR) is 74.8 cm³/mol. The highest BCUT2D eigenvalue weighted by molar-refractivity contribution is 5.96. The lowest BCUT2D eigenvalue weighted by molar-refractivity contribution is -0.121. The Bertz CT molecular complexity index is 519. The smallest absolute Gasteiger partial charge is 0.339 e. The quantitative estimate of drug-likeness (QED) is 0.741. The van der Waals surface area contributed by atoms with Crippen molar-refractivity contribution in [1.29, 1.82) is 0 Å². The van der Waals surface area contributed by atoms with E-state index < -0.39 is 5.97 Å². The minimum absolute atomic E-state index is 0.00622. The van der Waals surface area contributed by atoms with Crippen molar-refractivity contribution in [2.45, 2.75) is 32.6 Å². The second-order valence-corrected chi connectivity index (χ2v) is 5.48. The number of carboxylic acid groups (broad SMARTS) is 1. The SMILES string of the molecule is CC1CCC(C(=O)Nc2ccc(O)c(C(=O)O)c2)CC1. The molecule has 0 aliphatic heterocycles. The van der Waals surface area contributed by atoms with Crippen molar-refractivity contribution in [2.75, 3.05) is 5.32 Å². The average Bonchev–Trinajstić information content (AvgIpc) is 2.41. The molecule has 2 rings (SSSR count). The highest BCUT2D eigenvalue weighted by Crippen LogP contribution is 2.29. The van der Waals surface area contributed by atoms with Gasteiger partial charge in [0, 0.05) is 11.6 Å². The third-order valence-electron chi connectivity index (χ3n) is 3.88. The first kappa shape index (κ1) is 14.4. The number of carbonyl (C=O) groups excluding carboxylic acids is 1. The minimum Gasteiger partial charge on any atom is -0.507 e. The first-order valence-corrected chi connectivity index (χ1v) is 6.84. The van der Waals surface area contributed by atoms with Crippen LogP contribution in [0.3, 0.4) is 0 Å². The van der Waals surface area contributed by atoms with Gasteiger partial charge in [0.1, 0.15) is 11.3 Å². The number of rotatable bonds is 3. The summed E-state index contributed by atoms with van der Waals surface area (Å²) < 4.78 is 0. The summed E-state index contributed by atoms with van der Waals surface area (Å²) in [5.74, 6) is -0.925. The van der Waals surface area contributed by atoms with E-state index in [0.29, 0.717) is 11.6 Å². The minimum atomic E-state index is -1.22. The van der Waals surface area contributed by atoms with Gasteiger partial charge in [-0.3, -0.25) is 4.79 Å². The normalized spacial score (nSPS) is 22.2. The van der Waals surface area contributed by atoms with Crippen LogP contribution in [-0.2, 0) is 4.79 Å². The second kappa shape index (κ2) is 5.94. The highest BCUT2D eigenvalue weighted by atomic mass is 16.4. The van der Waals surface area contributed by atoms with E-state index in [1.54, 1.807) is 0 Å². The first-order valence-electron chi connectivity index (χ1n) is 6.84. The molecule has 0 aromatic heterocycles. The van der Waals surface area contributed by atoms with E-state index in [2.05, 4.69) is 12.2 Å². The monoisotopic (exact) mass is 277 g/mol. The number of aromatic carboxylic acids is 1. The molecule has 1 aromatic carbocycles. The maximum Gasteiger partial charge on any atom is 0.339 e. The fourth-order valence-electron chi connectivity index (χ4n) is 2.55. The molecule has 1 aliphatic carbocycles. The van der Waals surface area contributed by atoms with Crippen LogP contribution < -0.4 is 5.32 Å². The molecule has 3 N–H and O–H groups in total. The number of nitrogens with one attached hydrogen (secondary N) is 1. The topological polar surface area (TPSA) is 86.6 Å². The molecule has 0 atom stereocenters. The molecule has 0 heterocycles. The Labute approximate surface area is 117 Å². The molecule has 1 fully saturated rings. The molecule has 0 spiro atoms. The lowest BCUT2D eigenvalue weighted by Crippen LogP contribution is -2.26. The molecule has 0 saturated heterocycles.